The molecule has 0 spiro atoms. The predicted molar refractivity (Wildman–Crippen MR) is 70.0 cm³/mol. The van der Waals surface area contributed by atoms with Crippen LogP contribution >= 0.6 is 0 Å². The molecule has 0 fully saturated rings. The van der Waals surface area contributed by atoms with Crippen molar-refractivity contribution in [3.63, 3.8) is 0 Å². The van der Waals surface area contributed by atoms with Crippen LogP contribution in [0.4, 0.5) is 0 Å². The molecule has 0 aliphatic heterocycles. The van der Waals surface area contributed by atoms with E-state index < -0.39 is 0 Å². The zero-order chi connectivity index (χ0) is 11.9. The summed E-state index contributed by atoms with van der Waals surface area (Å²) in [6.07, 6.45) is 5.04. The number of benzene rings is 1. The fourth-order valence-corrected chi connectivity index (χ4v) is 1.79. The van der Waals surface area contributed by atoms with Crippen molar-refractivity contribution in [2.75, 3.05) is 13.1 Å². The minimum atomic E-state index is 0.933. The molecule has 3 heteroatoms. The quantitative estimate of drug-likeness (QED) is 0.768. The van der Waals surface area contributed by atoms with Crippen molar-refractivity contribution in [1.29, 1.82) is 0 Å². The average molecular weight is 229 g/mol. The number of nitrogens with one attached hydrogen (secondary N) is 1. The van der Waals surface area contributed by atoms with E-state index in [2.05, 4.69) is 53.9 Å². The molecule has 0 unspecified atom stereocenters. The smallest absolute Gasteiger partial charge is 0.0534 e. The Balaban J connectivity index is 1.61. The Hall–Kier alpha value is -1.61. The van der Waals surface area contributed by atoms with Gasteiger partial charge < -0.3 is 5.32 Å². The van der Waals surface area contributed by atoms with Crippen LogP contribution in [0.2, 0.25) is 0 Å². The molecule has 0 saturated heterocycles. The van der Waals surface area contributed by atoms with Gasteiger partial charge in [-0.15, -0.1) is 0 Å². The zero-order valence-electron chi connectivity index (χ0n) is 10.3. The summed E-state index contributed by atoms with van der Waals surface area (Å²) in [7, 11) is 0. The molecule has 90 valence electrons. The van der Waals surface area contributed by atoms with E-state index in [-0.39, 0.29) is 0 Å². The highest BCUT2D eigenvalue weighted by Gasteiger charge is 1.94. The largest absolute Gasteiger partial charge is 0.315 e. The van der Waals surface area contributed by atoms with E-state index in [1.165, 1.54) is 11.1 Å². The van der Waals surface area contributed by atoms with E-state index in [1.807, 2.05) is 10.9 Å². The molecule has 0 atom stereocenters. The summed E-state index contributed by atoms with van der Waals surface area (Å²) in [6, 6.07) is 10.6. The molecule has 2 rings (SSSR count). The second-order valence-electron chi connectivity index (χ2n) is 4.27. The Bertz CT molecular complexity index is 434. The normalized spacial score (nSPS) is 10.6. The monoisotopic (exact) mass is 229 g/mol. The van der Waals surface area contributed by atoms with Gasteiger partial charge in [0.1, 0.15) is 0 Å². The van der Waals surface area contributed by atoms with Crippen LogP contribution in [0.25, 0.3) is 0 Å². The third-order valence-electron chi connectivity index (χ3n) is 2.71. The Morgan fingerprint density at radius 2 is 2.00 bits per heavy atom. The van der Waals surface area contributed by atoms with Crippen LogP contribution in [0.3, 0.4) is 0 Å². The molecule has 0 bridgehead atoms. The highest BCUT2D eigenvalue weighted by Crippen LogP contribution is 1.98. The Morgan fingerprint density at radius 3 is 2.71 bits per heavy atom. The van der Waals surface area contributed by atoms with Gasteiger partial charge in [0.2, 0.25) is 0 Å². The van der Waals surface area contributed by atoms with Gasteiger partial charge in [0.15, 0.2) is 0 Å². The minimum absolute atomic E-state index is 0.933. The standard InChI is InChI=1S/C14H19N3/c1-13-11-16-17(12-13)10-9-15-8-7-14-5-3-2-4-6-14/h2-6,11-12,15H,7-10H2,1H3. The van der Waals surface area contributed by atoms with Crippen molar-refractivity contribution >= 4 is 0 Å². The summed E-state index contributed by atoms with van der Waals surface area (Å²) >= 11 is 0. The molecule has 1 aromatic heterocycles. The SMILES string of the molecule is Cc1cnn(CCNCCc2ccccc2)c1. The average Bonchev–Trinajstić information content (AvgIpc) is 2.76. The lowest BCUT2D eigenvalue weighted by atomic mass is 10.1. The summed E-state index contributed by atoms with van der Waals surface area (Å²) in [6.45, 7) is 4.98. The van der Waals surface area contributed by atoms with Gasteiger partial charge in [0.05, 0.1) is 12.7 Å². The molecule has 0 saturated carbocycles. The number of aryl methyl sites for hydroxylation is 1. The van der Waals surface area contributed by atoms with E-state index in [9.17, 15) is 0 Å². The Labute approximate surface area is 102 Å². The van der Waals surface area contributed by atoms with Crippen LogP contribution in [0.15, 0.2) is 42.7 Å². The maximum absolute atomic E-state index is 4.25. The first-order valence-corrected chi connectivity index (χ1v) is 6.08. The van der Waals surface area contributed by atoms with E-state index in [4.69, 9.17) is 0 Å². The van der Waals surface area contributed by atoms with Gasteiger partial charge in [-0.1, -0.05) is 30.3 Å². The molecular formula is C14H19N3. The van der Waals surface area contributed by atoms with Crippen LogP contribution in [0.5, 0.6) is 0 Å². The lowest BCUT2D eigenvalue weighted by Gasteiger charge is -2.05. The van der Waals surface area contributed by atoms with Crippen LogP contribution in [0, 0.1) is 6.92 Å². The molecule has 0 radical (unpaired) electrons. The topological polar surface area (TPSA) is 29.9 Å². The number of hydrogen-bond acceptors (Lipinski definition) is 2. The third-order valence-corrected chi connectivity index (χ3v) is 2.71. The summed E-state index contributed by atoms with van der Waals surface area (Å²) in [5.41, 5.74) is 2.60. The van der Waals surface area contributed by atoms with Crippen LogP contribution in [-0.4, -0.2) is 22.9 Å². The first-order chi connectivity index (χ1) is 8.34. The molecule has 3 nitrogen and oxygen atoms in total. The van der Waals surface area contributed by atoms with Gasteiger partial charge in [0, 0.05) is 12.7 Å². The van der Waals surface area contributed by atoms with E-state index >= 15 is 0 Å². The fraction of sp³-hybridized carbons (Fsp3) is 0.357. The molecule has 1 heterocycles. The van der Waals surface area contributed by atoms with E-state index in [1.54, 1.807) is 0 Å². The van der Waals surface area contributed by atoms with Crippen molar-refractivity contribution in [2.45, 2.75) is 19.9 Å². The predicted octanol–water partition coefficient (Wildman–Crippen LogP) is 2.02. The zero-order valence-corrected chi connectivity index (χ0v) is 10.3. The Morgan fingerprint density at radius 1 is 1.18 bits per heavy atom. The van der Waals surface area contributed by atoms with Crippen molar-refractivity contribution in [1.82, 2.24) is 15.1 Å². The molecule has 1 N–H and O–H groups in total. The van der Waals surface area contributed by atoms with Gasteiger partial charge in [0.25, 0.3) is 0 Å². The van der Waals surface area contributed by atoms with Crippen molar-refractivity contribution in [2.24, 2.45) is 0 Å². The summed E-state index contributed by atoms with van der Waals surface area (Å²) in [5.74, 6) is 0. The van der Waals surface area contributed by atoms with Crippen molar-refractivity contribution < 1.29 is 0 Å². The molecule has 17 heavy (non-hydrogen) atoms. The third kappa shape index (κ3) is 4.04. The van der Waals surface area contributed by atoms with Crippen LogP contribution < -0.4 is 5.32 Å². The lowest BCUT2D eigenvalue weighted by molar-refractivity contribution is 0.556. The molecular weight excluding hydrogens is 210 g/mol. The van der Waals surface area contributed by atoms with Crippen molar-refractivity contribution in [3.05, 3.63) is 53.9 Å². The van der Waals surface area contributed by atoms with Gasteiger partial charge in [-0.2, -0.15) is 5.10 Å². The van der Waals surface area contributed by atoms with Crippen molar-refractivity contribution in [3.8, 4) is 0 Å². The number of hydrogen-bond donors (Lipinski definition) is 1. The summed E-state index contributed by atoms with van der Waals surface area (Å²) in [4.78, 5) is 0. The van der Waals surface area contributed by atoms with Gasteiger partial charge in [-0.3, -0.25) is 4.68 Å². The van der Waals surface area contributed by atoms with Crippen LogP contribution in [-0.2, 0) is 13.0 Å². The maximum Gasteiger partial charge on any atom is 0.0534 e. The molecule has 1 aromatic carbocycles. The van der Waals surface area contributed by atoms with Gasteiger partial charge in [-0.05, 0) is 31.0 Å². The van der Waals surface area contributed by atoms with Gasteiger partial charge >= 0.3 is 0 Å². The maximum atomic E-state index is 4.25. The van der Waals surface area contributed by atoms with Gasteiger partial charge in [-0.25, -0.2) is 0 Å². The number of nitrogens with zero attached hydrogens (tertiary/aromatic N) is 2. The fourth-order valence-electron chi connectivity index (χ4n) is 1.79. The lowest BCUT2D eigenvalue weighted by Crippen LogP contribution is -2.22. The highest BCUT2D eigenvalue weighted by atomic mass is 15.3. The summed E-state index contributed by atoms with van der Waals surface area (Å²) < 4.78 is 1.98. The first kappa shape index (κ1) is 11.9. The summed E-state index contributed by atoms with van der Waals surface area (Å²) in [5, 5.41) is 7.68. The molecule has 0 amide bonds. The number of rotatable bonds is 6. The second-order valence-corrected chi connectivity index (χ2v) is 4.27. The molecule has 2 aromatic rings. The van der Waals surface area contributed by atoms with E-state index in [0.29, 0.717) is 0 Å². The number of aromatic nitrogens is 2. The van der Waals surface area contributed by atoms with E-state index in [0.717, 1.165) is 26.1 Å². The highest BCUT2D eigenvalue weighted by molar-refractivity contribution is 5.14. The first-order valence-electron chi connectivity index (χ1n) is 6.08. The Kier molecular flexibility index (Phi) is 4.33. The molecule has 0 aliphatic carbocycles. The minimum Gasteiger partial charge on any atom is -0.315 e. The molecule has 0 aliphatic rings. The second kappa shape index (κ2) is 6.21. The van der Waals surface area contributed by atoms with Crippen LogP contribution in [0.1, 0.15) is 11.1 Å².